The first kappa shape index (κ1) is 19.5. The number of nitrogens with one attached hydrogen (secondary N) is 1. The van der Waals surface area contributed by atoms with Gasteiger partial charge in [0, 0.05) is 6.04 Å². The third kappa shape index (κ3) is 6.31. The highest BCUT2D eigenvalue weighted by atomic mass is 35.5. The first-order valence-electron chi connectivity index (χ1n) is 6.82. The largest absolute Gasteiger partial charge is 0.391 e. The van der Waals surface area contributed by atoms with Gasteiger partial charge in [-0.2, -0.15) is 13.2 Å². The van der Waals surface area contributed by atoms with E-state index in [0.29, 0.717) is 25.2 Å². The number of rotatable bonds is 4. The number of hydrogen-bond donors (Lipinski definition) is 2. The molecular formula is C13H24ClF3N2O. The van der Waals surface area contributed by atoms with E-state index in [1.54, 1.807) is 0 Å². The van der Waals surface area contributed by atoms with Crippen LogP contribution in [0.1, 0.15) is 46.0 Å². The van der Waals surface area contributed by atoms with Crippen molar-refractivity contribution in [2.45, 2.75) is 64.2 Å². The van der Waals surface area contributed by atoms with Crippen LogP contribution in [0.15, 0.2) is 0 Å². The molecule has 0 aromatic carbocycles. The summed E-state index contributed by atoms with van der Waals surface area (Å²) in [6, 6.07) is -0.732. The molecule has 3 nitrogen and oxygen atoms in total. The number of amides is 1. The molecule has 1 atom stereocenters. The second kappa shape index (κ2) is 8.08. The van der Waals surface area contributed by atoms with Crippen LogP contribution in [-0.2, 0) is 4.79 Å². The number of carbonyl (C=O) groups is 1. The van der Waals surface area contributed by atoms with E-state index in [2.05, 4.69) is 5.32 Å². The van der Waals surface area contributed by atoms with E-state index in [1.807, 2.05) is 13.8 Å². The minimum absolute atomic E-state index is 0. The standard InChI is InChI=1S/C13H23F3N2O.ClH/c1-8(2)7-11(17)12(19)18-10-5-3-9(4-6-10)13(14,15)16;/h8-11H,3-7,17H2,1-2H3,(H,18,19);1H/t9?,10?,11-;/m0./s1. The molecule has 0 spiro atoms. The van der Waals surface area contributed by atoms with Crippen molar-refractivity contribution in [1.29, 1.82) is 0 Å². The summed E-state index contributed by atoms with van der Waals surface area (Å²) in [5.41, 5.74) is 5.74. The lowest BCUT2D eigenvalue weighted by atomic mass is 9.85. The Bertz CT molecular complexity index is 302. The molecule has 1 rings (SSSR count). The third-order valence-corrected chi connectivity index (χ3v) is 3.60. The van der Waals surface area contributed by atoms with Gasteiger partial charge in [-0.15, -0.1) is 12.4 Å². The Morgan fingerprint density at radius 1 is 1.25 bits per heavy atom. The molecule has 0 aromatic rings. The van der Waals surface area contributed by atoms with Crippen LogP contribution in [0.4, 0.5) is 13.2 Å². The third-order valence-electron chi connectivity index (χ3n) is 3.60. The number of alkyl halides is 3. The molecule has 1 saturated carbocycles. The maximum atomic E-state index is 12.5. The summed E-state index contributed by atoms with van der Waals surface area (Å²) in [5, 5.41) is 2.76. The van der Waals surface area contributed by atoms with Gasteiger partial charge in [0.05, 0.1) is 12.0 Å². The smallest absolute Gasteiger partial charge is 0.352 e. The maximum Gasteiger partial charge on any atom is 0.391 e. The van der Waals surface area contributed by atoms with Crippen molar-refractivity contribution in [3.05, 3.63) is 0 Å². The molecule has 0 saturated heterocycles. The lowest BCUT2D eigenvalue weighted by Gasteiger charge is -2.31. The monoisotopic (exact) mass is 316 g/mol. The minimum atomic E-state index is -4.11. The van der Waals surface area contributed by atoms with Gasteiger partial charge in [0.2, 0.25) is 5.91 Å². The zero-order chi connectivity index (χ0) is 14.6. The van der Waals surface area contributed by atoms with Gasteiger partial charge < -0.3 is 11.1 Å². The summed E-state index contributed by atoms with van der Waals surface area (Å²) >= 11 is 0. The van der Waals surface area contributed by atoms with E-state index in [4.69, 9.17) is 5.73 Å². The van der Waals surface area contributed by atoms with Gasteiger partial charge >= 0.3 is 6.18 Å². The van der Waals surface area contributed by atoms with Crippen LogP contribution in [0.25, 0.3) is 0 Å². The summed E-state index contributed by atoms with van der Waals surface area (Å²) in [6.45, 7) is 3.95. The average Bonchev–Trinajstić information content (AvgIpc) is 2.27. The summed E-state index contributed by atoms with van der Waals surface area (Å²) in [5.74, 6) is -1.14. The number of nitrogens with two attached hydrogens (primary N) is 1. The Labute approximate surface area is 124 Å². The predicted octanol–water partition coefficient (Wildman–Crippen LogP) is 3.02. The average molecular weight is 317 g/mol. The molecule has 0 radical (unpaired) electrons. The van der Waals surface area contributed by atoms with E-state index >= 15 is 0 Å². The zero-order valence-corrected chi connectivity index (χ0v) is 12.7. The van der Waals surface area contributed by atoms with E-state index in [1.165, 1.54) is 0 Å². The highest BCUT2D eigenvalue weighted by Crippen LogP contribution is 2.37. The Kier molecular flexibility index (Phi) is 7.88. The van der Waals surface area contributed by atoms with Gasteiger partial charge in [0.1, 0.15) is 0 Å². The molecule has 1 aliphatic carbocycles. The van der Waals surface area contributed by atoms with Crippen molar-refractivity contribution in [2.24, 2.45) is 17.6 Å². The van der Waals surface area contributed by atoms with Gasteiger partial charge in [0.15, 0.2) is 0 Å². The molecule has 120 valence electrons. The van der Waals surface area contributed by atoms with E-state index < -0.39 is 18.1 Å². The van der Waals surface area contributed by atoms with Gasteiger partial charge in [-0.05, 0) is 38.0 Å². The Morgan fingerprint density at radius 3 is 2.15 bits per heavy atom. The molecular weight excluding hydrogens is 293 g/mol. The van der Waals surface area contributed by atoms with Crippen LogP contribution in [0, 0.1) is 11.8 Å². The van der Waals surface area contributed by atoms with Crippen molar-refractivity contribution in [3.63, 3.8) is 0 Å². The van der Waals surface area contributed by atoms with Crippen molar-refractivity contribution < 1.29 is 18.0 Å². The lowest BCUT2D eigenvalue weighted by Crippen LogP contribution is -2.47. The zero-order valence-electron chi connectivity index (χ0n) is 11.9. The highest BCUT2D eigenvalue weighted by Gasteiger charge is 2.41. The topological polar surface area (TPSA) is 55.1 Å². The number of carbonyl (C=O) groups excluding carboxylic acids is 1. The quantitative estimate of drug-likeness (QED) is 0.837. The second-order valence-electron chi connectivity index (χ2n) is 5.83. The Morgan fingerprint density at radius 2 is 1.75 bits per heavy atom. The van der Waals surface area contributed by atoms with E-state index in [9.17, 15) is 18.0 Å². The predicted molar refractivity (Wildman–Crippen MR) is 74.6 cm³/mol. The fraction of sp³-hybridized carbons (Fsp3) is 0.923. The molecule has 0 aromatic heterocycles. The number of halogens is 4. The van der Waals surface area contributed by atoms with Crippen molar-refractivity contribution in [2.75, 3.05) is 0 Å². The molecule has 0 unspecified atom stereocenters. The molecule has 0 bridgehead atoms. The second-order valence-corrected chi connectivity index (χ2v) is 5.83. The molecule has 7 heteroatoms. The normalized spacial score (nSPS) is 24.9. The molecule has 1 amide bonds. The minimum Gasteiger partial charge on any atom is -0.352 e. The molecule has 20 heavy (non-hydrogen) atoms. The maximum absolute atomic E-state index is 12.5. The molecule has 1 aliphatic rings. The number of hydrogen-bond acceptors (Lipinski definition) is 2. The van der Waals surface area contributed by atoms with Crippen LogP contribution in [-0.4, -0.2) is 24.2 Å². The summed E-state index contributed by atoms with van der Waals surface area (Å²) in [6.07, 6.45) is -2.58. The van der Waals surface area contributed by atoms with Crippen LogP contribution in [0.3, 0.4) is 0 Å². The van der Waals surface area contributed by atoms with E-state index in [-0.39, 0.29) is 37.2 Å². The fourth-order valence-electron chi connectivity index (χ4n) is 2.49. The molecule has 0 heterocycles. The van der Waals surface area contributed by atoms with Gasteiger partial charge in [-0.1, -0.05) is 13.8 Å². The Hall–Kier alpha value is -0.490. The van der Waals surface area contributed by atoms with Crippen LogP contribution >= 0.6 is 12.4 Å². The highest BCUT2D eigenvalue weighted by molar-refractivity contribution is 5.85. The SMILES string of the molecule is CC(C)C[C@H](N)C(=O)NC1CCC(C(F)(F)F)CC1.Cl. The molecule has 0 aliphatic heterocycles. The van der Waals surface area contributed by atoms with Crippen molar-refractivity contribution in [1.82, 2.24) is 5.32 Å². The summed E-state index contributed by atoms with van der Waals surface area (Å²) in [4.78, 5) is 11.8. The fourth-order valence-corrected chi connectivity index (χ4v) is 2.49. The molecule has 3 N–H and O–H groups in total. The van der Waals surface area contributed by atoms with Gasteiger partial charge in [-0.25, -0.2) is 0 Å². The molecule has 1 fully saturated rings. The van der Waals surface area contributed by atoms with Crippen LogP contribution in [0.2, 0.25) is 0 Å². The Balaban J connectivity index is 0.00000361. The van der Waals surface area contributed by atoms with Gasteiger partial charge in [0.25, 0.3) is 0 Å². The van der Waals surface area contributed by atoms with Crippen LogP contribution < -0.4 is 11.1 Å². The van der Waals surface area contributed by atoms with Crippen molar-refractivity contribution >= 4 is 18.3 Å². The van der Waals surface area contributed by atoms with Crippen LogP contribution in [0.5, 0.6) is 0 Å². The first-order valence-corrected chi connectivity index (χ1v) is 6.82. The van der Waals surface area contributed by atoms with Gasteiger partial charge in [-0.3, -0.25) is 4.79 Å². The first-order chi connectivity index (χ1) is 8.70. The summed E-state index contributed by atoms with van der Waals surface area (Å²) < 4.78 is 37.5. The summed E-state index contributed by atoms with van der Waals surface area (Å²) in [7, 11) is 0. The van der Waals surface area contributed by atoms with E-state index in [0.717, 1.165) is 0 Å². The lowest BCUT2D eigenvalue weighted by molar-refractivity contribution is -0.182. The van der Waals surface area contributed by atoms with Crippen molar-refractivity contribution in [3.8, 4) is 0 Å².